The van der Waals surface area contributed by atoms with Crippen LogP contribution < -0.4 is 0 Å². The molecule has 0 spiro atoms. The minimum Gasteiger partial charge on any atom is -0.316 e. The summed E-state index contributed by atoms with van der Waals surface area (Å²) < 4.78 is 1.30. The van der Waals surface area contributed by atoms with E-state index >= 15 is 0 Å². The first-order valence-electron chi connectivity index (χ1n) is 7.66. The zero-order valence-electron chi connectivity index (χ0n) is 13.3. The Hall–Kier alpha value is -0.600. The number of hydrogen-bond acceptors (Lipinski definition) is 1. The van der Waals surface area contributed by atoms with Gasteiger partial charge in [0.1, 0.15) is 0 Å². The van der Waals surface area contributed by atoms with Crippen molar-refractivity contribution in [3.63, 3.8) is 0 Å². The summed E-state index contributed by atoms with van der Waals surface area (Å²) in [5, 5.41) is 0. The van der Waals surface area contributed by atoms with Gasteiger partial charge in [-0.1, -0.05) is 32.9 Å². The number of likely N-dealkylation sites (tertiary alicyclic amines) is 1. The van der Waals surface area contributed by atoms with Crippen LogP contribution in [0.5, 0.6) is 0 Å². The van der Waals surface area contributed by atoms with Crippen molar-refractivity contribution in [1.29, 1.82) is 0 Å². The molecule has 0 aromatic heterocycles. The topological polar surface area (TPSA) is 7.60 Å². The summed E-state index contributed by atoms with van der Waals surface area (Å²) in [6.07, 6.45) is 2.28. The molecule has 0 saturated carbocycles. The molecule has 21 heavy (non-hydrogen) atoms. The first-order chi connectivity index (χ1) is 9.86. The molecule has 1 aromatic carbocycles. The largest absolute Gasteiger partial charge is 0.316 e. The molecule has 0 unspecified atom stereocenters. The van der Waals surface area contributed by atoms with Crippen molar-refractivity contribution in [2.24, 2.45) is 10.8 Å². The number of piperidine rings is 1. The van der Waals surface area contributed by atoms with Crippen molar-refractivity contribution in [2.75, 3.05) is 19.6 Å². The van der Waals surface area contributed by atoms with E-state index in [-0.39, 0.29) is 10.8 Å². The lowest BCUT2D eigenvalue weighted by atomic mass is 9.61. The number of rotatable bonds is 3. The van der Waals surface area contributed by atoms with Crippen molar-refractivity contribution in [3.05, 3.63) is 44.8 Å². The lowest BCUT2D eigenvalue weighted by Crippen LogP contribution is -2.47. The van der Waals surface area contributed by atoms with E-state index in [4.69, 9.17) is 6.57 Å². The van der Waals surface area contributed by atoms with Gasteiger partial charge >= 0.3 is 0 Å². The molecule has 1 aliphatic heterocycles. The minimum absolute atomic E-state index is 0.191. The third-order valence-electron chi connectivity index (χ3n) is 5.08. The average Bonchev–Trinajstić information content (AvgIpc) is 2.40. The van der Waals surface area contributed by atoms with Gasteiger partial charge in [-0.15, -0.1) is 0 Å². The van der Waals surface area contributed by atoms with Gasteiger partial charge < -0.3 is 4.85 Å². The maximum atomic E-state index is 7.31. The molecule has 3 heteroatoms. The Kier molecular flexibility index (Phi) is 5.32. The second-order valence-corrected chi connectivity index (χ2v) is 8.50. The third kappa shape index (κ3) is 3.98. The van der Waals surface area contributed by atoms with Crippen LogP contribution in [-0.4, -0.2) is 24.5 Å². The SMILES string of the molecule is [C-]#[N+]CC1(C(C)(C)C)CCN(Cc2cccc(I)c2)CC1. The van der Waals surface area contributed by atoms with Crippen LogP contribution in [0.4, 0.5) is 0 Å². The number of nitrogens with zero attached hydrogens (tertiary/aromatic N) is 2. The first-order valence-corrected chi connectivity index (χ1v) is 8.74. The molecule has 2 rings (SSSR count). The monoisotopic (exact) mass is 396 g/mol. The summed E-state index contributed by atoms with van der Waals surface area (Å²) in [7, 11) is 0. The summed E-state index contributed by atoms with van der Waals surface area (Å²) in [5.74, 6) is 0. The Morgan fingerprint density at radius 1 is 1.29 bits per heavy atom. The molecule has 1 aromatic rings. The van der Waals surface area contributed by atoms with Gasteiger partial charge in [0.25, 0.3) is 0 Å². The summed E-state index contributed by atoms with van der Waals surface area (Å²) in [6, 6.07) is 8.76. The highest BCUT2D eigenvalue weighted by Gasteiger charge is 2.46. The minimum atomic E-state index is 0.191. The molecule has 1 saturated heterocycles. The fourth-order valence-electron chi connectivity index (χ4n) is 3.33. The Bertz CT molecular complexity index is 517. The van der Waals surface area contributed by atoms with Gasteiger partial charge in [0.15, 0.2) is 0 Å². The fourth-order valence-corrected chi connectivity index (χ4v) is 3.94. The lowest BCUT2D eigenvalue weighted by Gasteiger charge is -2.46. The van der Waals surface area contributed by atoms with Crippen LogP contribution in [0.2, 0.25) is 0 Å². The maximum Gasteiger partial charge on any atom is 0.220 e. The molecule has 0 radical (unpaired) electrons. The molecule has 0 bridgehead atoms. The van der Waals surface area contributed by atoms with Crippen molar-refractivity contribution < 1.29 is 0 Å². The highest BCUT2D eigenvalue weighted by atomic mass is 127. The van der Waals surface area contributed by atoms with E-state index < -0.39 is 0 Å². The van der Waals surface area contributed by atoms with Gasteiger partial charge in [-0.3, -0.25) is 4.90 Å². The molecule has 0 N–H and O–H groups in total. The fraction of sp³-hybridized carbons (Fsp3) is 0.611. The molecular weight excluding hydrogens is 371 g/mol. The molecule has 0 amide bonds. The molecule has 114 valence electrons. The van der Waals surface area contributed by atoms with Gasteiger partial charge in [0, 0.05) is 15.5 Å². The van der Waals surface area contributed by atoms with Crippen LogP contribution in [0.15, 0.2) is 24.3 Å². The Balaban J connectivity index is 2.01. The predicted molar refractivity (Wildman–Crippen MR) is 97.0 cm³/mol. The van der Waals surface area contributed by atoms with Crippen LogP contribution in [0.1, 0.15) is 39.2 Å². The van der Waals surface area contributed by atoms with Crippen LogP contribution in [-0.2, 0) is 6.54 Å². The summed E-state index contributed by atoms with van der Waals surface area (Å²) in [5.41, 5.74) is 1.80. The molecule has 1 heterocycles. The quantitative estimate of drug-likeness (QED) is 0.524. The Labute approximate surface area is 142 Å². The molecule has 2 nitrogen and oxygen atoms in total. The second-order valence-electron chi connectivity index (χ2n) is 7.25. The first kappa shape index (κ1) is 16.8. The van der Waals surface area contributed by atoms with E-state index in [1.54, 1.807) is 0 Å². The number of hydrogen-bond donors (Lipinski definition) is 0. The van der Waals surface area contributed by atoms with Crippen LogP contribution in [0, 0.1) is 21.0 Å². The normalized spacial score (nSPS) is 19.2. The molecular formula is C18H25IN2. The van der Waals surface area contributed by atoms with Gasteiger partial charge in [-0.2, -0.15) is 0 Å². The molecule has 0 aliphatic carbocycles. The smallest absolute Gasteiger partial charge is 0.220 e. The molecule has 1 aliphatic rings. The van der Waals surface area contributed by atoms with Gasteiger partial charge in [-0.25, -0.2) is 6.57 Å². The van der Waals surface area contributed by atoms with E-state index in [2.05, 4.69) is 77.4 Å². The van der Waals surface area contributed by atoms with Crippen molar-refractivity contribution in [1.82, 2.24) is 4.90 Å². The Morgan fingerprint density at radius 2 is 1.95 bits per heavy atom. The maximum absolute atomic E-state index is 7.31. The van der Waals surface area contributed by atoms with Crippen LogP contribution in [0.25, 0.3) is 4.85 Å². The van der Waals surface area contributed by atoms with E-state index in [0.717, 1.165) is 32.5 Å². The summed E-state index contributed by atoms with van der Waals surface area (Å²) in [4.78, 5) is 6.29. The average molecular weight is 396 g/mol. The van der Waals surface area contributed by atoms with Gasteiger partial charge in [0.2, 0.25) is 6.54 Å². The molecule has 0 atom stereocenters. The highest BCUT2D eigenvalue weighted by molar-refractivity contribution is 14.1. The van der Waals surface area contributed by atoms with E-state index in [1.807, 2.05) is 0 Å². The lowest BCUT2D eigenvalue weighted by molar-refractivity contribution is 0.0173. The highest BCUT2D eigenvalue weighted by Crippen LogP contribution is 2.47. The van der Waals surface area contributed by atoms with E-state index in [1.165, 1.54) is 9.13 Å². The van der Waals surface area contributed by atoms with Crippen molar-refractivity contribution in [3.8, 4) is 0 Å². The zero-order chi connectivity index (χ0) is 15.5. The standard InChI is InChI=1S/C18H25IN2/c1-17(2,3)18(14-20-4)8-10-21(11-9-18)13-15-6-5-7-16(19)12-15/h5-7,12H,8-11,13-14H2,1-3H3. The molecule has 1 fully saturated rings. The van der Waals surface area contributed by atoms with Gasteiger partial charge in [-0.05, 0) is 71.6 Å². The Morgan fingerprint density at radius 3 is 2.48 bits per heavy atom. The third-order valence-corrected chi connectivity index (χ3v) is 5.75. The van der Waals surface area contributed by atoms with Crippen molar-refractivity contribution in [2.45, 2.75) is 40.2 Å². The zero-order valence-corrected chi connectivity index (χ0v) is 15.5. The van der Waals surface area contributed by atoms with Gasteiger partial charge in [0.05, 0.1) is 0 Å². The second kappa shape index (κ2) is 6.66. The number of halogens is 1. The van der Waals surface area contributed by atoms with Crippen LogP contribution >= 0.6 is 22.6 Å². The summed E-state index contributed by atoms with van der Waals surface area (Å²) >= 11 is 2.37. The van der Waals surface area contributed by atoms with Crippen molar-refractivity contribution >= 4 is 22.6 Å². The predicted octanol–water partition coefficient (Wildman–Crippen LogP) is 4.84. The van der Waals surface area contributed by atoms with E-state index in [9.17, 15) is 0 Å². The van der Waals surface area contributed by atoms with Crippen LogP contribution in [0.3, 0.4) is 0 Å². The number of benzene rings is 1. The summed E-state index contributed by atoms with van der Waals surface area (Å²) in [6.45, 7) is 18.1. The van der Waals surface area contributed by atoms with E-state index in [0.29, 0.717) is 6.54 Å².